The van der Waals surface area contributed by atoms with Crippen molar-refractivity contribution in [3.8, 4) is 0 Å². The van der Waals surface area contributed by atoms with E-state index in [1.807, 2.05) is 0 Å². The van der Waals surface area contributed by atoms with Gasteiger partial charge in [0.2, 0.25) is 6.17 Å². The highest BCUT2D eigenvalue weighted by molar-refractivity contribution is 5.83. The fourth-order valence-electron chi connectivity index (χ4n) is 4.06. The number of ether oxygens (including phenoxy) is 2. The molecule has 1 aliphatic heterocycles. The number of alkyl halides is 4. The molecule has 1 aromatic heterocycles. The Morgan fingerprint density at radius 3 is 2.50 bits per heavy atom. The molecule has 0 spiro atoms. The number of aryl methyl sites for hydroxylation is 1. The smallest absolute Gasteiger partial charge is 0.273 e. The number of rotatable bonds is 9. The summed E-state index contributed by atoms with van der Waals surface area (Å²) in [5.41, 5.74) is -2.26. The van der Waals surface area contributed by atoms with E-state index in [0.29, 0.717) is 19.8 Å². The van der Waals surface area contributed by atoms with Gasteiger partial charge < -0.3 is 20.1 Å². The number of benzene rings is 1. The number of hydrogen-bond donors (Lipinski definition) is 2. The minimum atomic E-state index is -3.40. The lowest BCUT2D eigenvalue weighted by atomic mass is 10.0. The molecule has 2 fully saturated rings. The van der Waals surface area contributed by atoms with Gasteiger partial charge in [-0.15, -0.1) is 0 Å². The number of carbonyl (C=O) groups is 1. The van der Waals surface area contributed by atoms with Crippen LogP contribution in [0.4, 0.5) is 27.8 Å². The molecule has 0 bridgehead atoms. The van der Waals surface area contributed by atoms with Gasteiger partial charge in [0.05, 0.1) is 41.6 Å². The molecule has 1 aliphatic carbocycles. The molecule has 196 valence electrons. The molecule has 2 N–H and O–H groups in total. The molecule has 2 heterocycles. The van der Waals surface area contributed by atoms with Crippen LogP contribution in [-0.2, 0) is 20.2 Å². The van der Waals surface area contributed by atoms with E-state index in [0.717, 1.165) is 6.07 Å². The topological polar surface area (TPSA) is 85.4 Å². The van der Waals surface area contributed by atoms with Crippen LogP contribution in [0.1, 0.15) is 73.4 Å². The summed E-state index contributed by atoms with van der Waals surface area (Å²) in [4.78, 5) is 21.0. The van der Waals surface area contributed by atoms with Crippen molar-refractivity contribution < 1.29 is 36.2 Å². The molecular formula is C24H27F5N4O3. The highest BCUT2D eigenvalue weighted by Crippen LogP contribution is 2.40. The van der Waals surface area contributed by atoms with Gasteiger partial charge in [0.25, 0.3) is 11.8 Å². The molecule has 1 amide bonds. The van der Waals surface area contributed by atoms with Gasteiger partial charge in [-0.3, -0.25) is 4.79 Å². The Morgan fingerprint density at radius 1 is 1.25 bits per heavy atom. The minimum Gasteiger partial charge on any atom is -0.363 e. The Hall–Kier alpha value is -2.86. The predicted molar refractivity (Wildman–Crippen MR) is 119 cm³/mol. The lowest BCUT2D eigenvalue weighted by Gasteiger charge is -2.24. The SMILES string of the molecule is Cc1nc(NC(C)c2cccc(C(C)(F)F)c2F)c(C2OCCO2)c(C(F)C(=O)NC2(CF)CC2)n1. The molecule has 2 atom stereocenters. The lowest BCUT2D eigenvalue weighted by Crippen LogP contribution is -2.41. The van der Waals surface area contributed by atoms with E-state index in [4.69, 9.17) is 9.47 Å². The molecule has 1 saturated heterocycles. The van der Waals surface area contributed by atoms with Crippen LogP contribution < -0.4 is 10.6 Å². The fourth-order valence-corrected chi connectivity index (χ4v) is 4.06. The average molecular weight is 514 g/mol. The van der Waals surface area contributed by atoms with Crippen molar-refractivity contribution in [3.63, 3.8) is 0 Å². The summed E-state index contributed by atoms with van der Waals surface area (Å²) in [5, 5.41) is 5.31. The Morgan fingerprint density at radius 2 is 1.92 bits per heavy atom. The summed E-state index contributed by atoms with van der Waals surface area (Å²) in [6, 6.07) is 2.75. The van der Waals surface area contributed by atoms with Gasteiger partial charge in [-0.2, -0.15) is 0 Å². The van der Waals surface area contributed by atoms with E-state index in [1.165, 1.54) is 26.0 Å². The van der Waals surface area contributed by atoms with E-state index < -0.39 is 53.9 Å². The van der Waals surface area contributed by atoms with Gasteiger partial charge in [-0.1, -0.05) is 18.2 Å². The van der Waals surface area contributed by atoms with Crippen LogP contribution in [0.5, 0.6) is 0 Å². The maximum Gasteiger partial charge on any atom is 0.273 e. The second-order valence-corrected chi connectivity index (χ2v) is 9.22. The zero-order valence-corrected chi connectivity index (χ0v) is 20.0. The van der Waals surface area contributed by atoms with Gasteiger partial charge in [0, 0.05) is 12.5 Å². The van der Waals surface area contributed by atoms with Crippen molar-refractivity contribution >= 4 is 11.7 Å². The van der Waals surface area contributed by atoms with Crippen molar-refractivity contribution in [1.82, 2.24) is 15.3 Å². The standard InChI is InChI=1S/C24H27F5N4O3/c1-12(14-5-4-6-15(17(14)26)23(3,28)29)30-20-16(22-35-9-10-36-22)19(31-13(2)32-20)18(27)21(34)33-24(11-25)7-8-24/h4-6,12,18,22H,7-11H2,1-3H3,(H,33,34)(H,30,31,32). The maximum atomic E-state index is 15.5. The summed E-state index contributed by atoms with van der Waals surface area (Å²) >= 11 is 0. The van der Waals surface area contributed by atoms with Crippen molar-refractivity contribution in [2.75, 3.05) is 25.2 Å². The summed E-state index contributed by atoms with van der Waals surface area (Å²) in [6.07, 6.45) is -2.63. The van der Waals surface area contributed by atoms with Crippen LogP contribution in [0.15, 0.2) is 18.2 Å². The molecule has 12 heteroatoms. The van der Waals surface area contributed by atoms with Gasteiger partial charge >= 0.3 is 0 Å². The van der Waals surface area contributed by atoms with Crippen LogP contribution in [-0.4, -0.2) is 41.3 Å². The maximum absolute atomic E-state index is 15.5. The zero-order chi connectivity index (χ0) is 26.3. The minimum absolute atomic E-state index is 0.00737. The molecule has 1 aromatic carbocycles. The summed E-state index contributed by atoms with van der Waals surface area (Å²) < 4.78 is 82.5. The number of nitrogens with zero attached hydrogens (tertiary/aromatic N) is 2. The van der Waals surface area contributed by atoms with Crippen LogP contribution in [0.2, 0.25) is 0 Å². The lowest BCUT2D eigenvalue weighted by molar-refractivity contribution is -0.127. The molecular weight excluding hydrogens is 487 g/mol. The first-order valence-corrected chi connectivity index (χ1v) is 11.5. The van der Waals surface area contributed by atoms with E-state index in [1.54, 1.807) is 0 Å². The van der Waals surface area contributed by atoms with Gasteiger partial charge in [-0.05, 0) is 26.7 Å². The summed E-state index contributed by atoms with van der Waals surface area (Å²) in [5.74, 6) is -5.48. The number of amides is 1. The van der Waals surface area contributed by atoms with E-state index in [-0.39, 0.29) is 41.7 Å². The van der Waals surface area contributed by atoms with Crippen LogP contribution in [0.3, 0.4) is 0 Å². The first-order valence-electron chi connectivity index (χ1n) is 11.5. The highest BCUT2D eigenvalue weighted by Gasteiger charge is 2.46. The number of anilines is 1. The normalized spacial score (nSPS) is 19.1. The van der Waals surface area contributed by atoms with Gasteiger partial charge in [0.15, 0.2) is 6.29 Å². The Kier molecular flexibility index (Phi) is 7.20. The number of aromatic nitrogens is 2. The van der Waals surface area contributed by atoms with Crippen LogP contribution in [0, 0.1) is 12.7 Å². The van der Waals surface area contributed by atoms with Crippen molar-refractivity contribution in [1.29, 1.82) is 0 Å². The number of halogens is 5. The third-order valence-electron chi connectivity index (χ3n) is 6.23. The zero-order valence-electron chi connectivity index (χ0n) is 20.0. The molecule has 2 aromatic rings. The van der Waals surface area contributed by atoms with Crippen LogP contribution >= 0.6 is 0 Å². The van der Waals surface area contributed by atoms with Crippen molar-refractivity contribution in [3.05, 3.63) is 52.2 Å². The molecule has 7 nitrogen and oxygen atoms in total. The number of nitrogens with one attached hydrogen (secondary N) is 2. The van der Waals surface area contributed by atoms with Crippen molar-refractivity contribution in [2.45, 2.75) is 63.6 Å². The molecule has 0 radical (unpaired) electrons. The Labute approximate surface area is 204 Å². The first kappa shape index (κ1) is 26.2. The largest absolute Gasteiger partial charge is 0.363 e. The summed E-state index contributed by atoms with van der Waals surface area (Å²) in [7, 11) is 0. The second-order valence-electron chi connectivity index (χ2n) is 9.22. The van der Waals surface area contributed by atoms with Crippen molar-refractivity contribution in [2.24, 2.45) is 0 Å². The molecule has 2 aliphatic rings. The molecule has 1 saturated carbocycles. The van der Waals surface area contributed by atoms with E-state index in [9.17, 15) is 22.4 Å². The highest BCUT2D eigenvalue weighted by atomic mass is 19.3. The second kappa shape index (κ2) is 9.89. The number of carbonyl (C=O) groups excluding carboxylic acids is 1. The fraction of sp³-hybridized carbons (Fsp3) is 0.542. The third kappa shape index (κ3) is 5.29. The van der Waals surface area contributed by atoms with Crippen LogP contribution in [0.25, 0.3) is 0 Å². The molecule has 2 unspecified atom stereocenters. The Bertz CT molecular complexity index is 1130. The molecule has 36 heavy (non-hydrogen) atoms. The van der Waals surface area contributed by atoms with Gasteiger partial charge in [0.1, 0.15) is 24.1 Å². The van der Waals surface area contributed by atoms with E-state index in [2.05, 4.69) is 20.6 Å². The van der Waals surface area contributed by atoms with E-state index >= 15 is 4.39 Å². The van der Waals surface area contributed by atoms with Gasteiger partial charge in [-0.25, -0.2) is 31.9 Å². The first-order chi connectivity index (χ1) is 17.0. The third-order valence-corrected chi connectivity index (χ3v) is 6.23. The predicted octanol–water partition coefficient (Wildman–Crippen LogP) is 4.88. The average Bonchev–Trinajstić information content (AvgIpc) is 3.37. The summed E-state index contributed by atoms with van der Waals surface area (Å²) in [6.45, 7) is 3.13. The molecule has 4 rings (SSSR count). The quantitative estimate of drug-likeness (QED) is 0.464. The Balaban J connectivity index is 1.71. The monoisotopic (exact) mass is 514 g/mol. The number of hydrogen-bond acceptors (Lipinski definition) is 6.